The highest BCUT2D eigenvalue weighted by Gasteiger charge is 2.31. The predicted molar refractivity (Wildman–Crippen MR) is 90.2 cm³/mol. The minimum Gasteiger partial charge on any atom is -0.313 e. The maximum atomic E-state index is 3.78. The van der Waals surface area contributed by atoms with E-state index in [-0.39, 0.29) is 5.41 Å². The fraction of sp³-hybridized carbons (Fsp3) is 0.684. The molecule has 1 atom stereocenters. The first-order valence-corrected chi connectivity index (χ1v) is 8.06. The number of nitrogens with one attached hydrogen (secondary N) is 1. The van der Waals surface area contributed by atoms with E-state index in [4.69, 9.17) is 0 Å². The van der Waals surface area contributed by atoms with Crippen molar-refractivity contribution in [3.8, 4) is 0 Å². The van der Waals surface area contributed by atoms with Crippen LogP contribution in [0.2, 0.25) is 0 Å². The van der Waals surface area contributed by atoms with Crippen LogP contribution in [0.5, 0.6) is 0 Å². The third-order valence-electron chi connectivity index (χ3n) is 4.21. The average Bonchev–Trinajstić information content (AvgIpc) is 2.38. The molecule has 0 aliphatic carbocycles. The van der Waals surface area contributed by atoms with E-state index in [1.807, 2.05) is 0 Å². The van der Waals surface area contributed by atoms with Gasteiger partial charge in [-0.05, 0) is 36.8 Å². The van der Waals surface area contributed by atoms with Crippen molar-refractivity contribution in [3.05, 3.63) is 35.9 Å². The van der Waals surface area contributed by atoms with E-state index in [0.29, 0.717) is 11.5 Å². The van der Waals surface area contributed by atoms with Crippen LogP contribution in [0.15, 0.2) is 30.3 Å². The molecule has 1 nitrogen and oxygen atoms in total. The predicted octanol–water partition coefficient (Wildman–Crippen LogP) is 5.16. The monoisotopic (exact) mass is 275 g/mol. The Balaban J connectivity index is 2.85. The Labute approximate surface area is 126 Å². The van der Waals surface area contributed by atoms with Crippen LogP contribution in [0.4, 0.5) is 0 Å². The molecule has 0 saturated heterocycles. The van der Waals surface area contributed by atoms with Gasteiger partial charge < -0.3 is 5.32 Å². The Hall–Kier alpha value is -0.820. The van der Waals surface area contributed by atoms with E-state index in [1.54, 1.807) is 0 Å². The molecule has 0 spiro atoms. The maximum Gasteiger partial charge on any atom is 0.0159 e. The van der Waals surface area contributed by atoms with Gasteiger partial charge in [0.2, 0.25) is 0 Å². The summed E-state index contributed by atoms with van der Waals surface area (Å²) in [5.74, 6) is 0. The number of hydrogen-bond donors (Lipinski definition) is 1. The number of rotatable bonds is 7. The van der Waals surface area contributed by atoms with E-state index < -0.39 is 0 Å². The first-order valence-electron chi connectivity index (χ1n) is 8.06. The zero-order valence-electron chi connectivity index (χ0n) is 14.3. The molecule has 0 bridgehead atoms. The van der Waals surface area contributed by atoms with E-state index in [1.165, 1.54) is 24.8 Å². The molecule has 0 fully saturated rings. The standard InChI is InChI=1S/C19H33N/c1-7-15-20-17(13-14-18(2,3)4)19(5,6)16-11-9-8-10-12-16/h8-12,17,20H,7,13-15H2,1-6H3. The van der Waals surface area contributed by atoms with Gasteiger partial charge in [0, 0.05) is 11.5 Å². The molecule has 1 heteroatoms. The summed E-state index contributed by atoms with van der Waals surface area (Å²) >= 11 is 0. The molecular weight excluding hydrogens is 242 g/mol. The van der Waals surface area contributed by atoms with Crippen molar-refractivity contribution >= 4 is 0 Å². The van der Waals surface area contributed by atoms with Crippen LogP contribution in [0.25, 0.3) is 0 Å². The molecule has 1 N–H and O–H groups in total. The fourth-order valence-corrected chi connectivity index (χ4v) is 2.68. The largest absolute Gasteiger partial charge is 0.313 e. The molecule has 0 heterocycles. The molecule has 0 aliphatic heterocycles. The van der Waals surface area contributed by atoms with Crippen molar-refractivity contribution in [2.24, 2.45) is 5.41 Å². The van der Waals surface area contributed by atoms with Gasteiger partial charge in [0.05, 0.1) is 0 Å². The van der Waals surface area contributed by atoms with Gasteiger partial charge in [-0.15, -0.1) is 0 Å². The molecule has 0 amide bonds. The molecule has 114 valence electrons. The molecule has 1 rings (SSSR count). The van der Waals surface area contributed by atoms with Crippen LogP contribution in [-0.4, -0.2) is 12.6 Å². The number of benzene rings is 1. The SMILES string of the molecule is CCCNC(CCC(C)(C)C)C(C)(C)c1ccccc1. The molecule has 20 heavy (non-hydrogen) atoms. The van der Waals surface area contributed by atoms with Gasteiger partial charge >= 0.3 is 0 Å². The van der Waals surface area contributed by atoms with Crippen molar-refractivity contribution in [1.29, 1.82) is 0 Å². The smallest absolute Gasteiger partial charge is 0.0159 e. The second-order valence-electron chi connectivity index (χ2n) is 7.69. The first kappa shape index (κ1) is 17.2. The van der Waals surface area contributed by atoms with Gasteiger partial charge in [-0.1, -0.05) is 71.9 Å². The third kappa shape index (κ3) is 5.28. The van der Waals surface area contributed by atoms with Crippen molar-refractivity contribution in [1.82, 2.24) is 5.32 Å². The Kier molecular flexibility index (Phi) is 6.26. The molecule has 0 aromatic heterocycles. The van der Waals surface area contributed by atoms with Crippen LogP contribution >= 0.6 is 0 Å². The van der Waals surface area contributed by atoms with Crippen molar-refractivity contribution in [3.63, 3.8) is 0 Å². The maximum absolute atomic E-state index is 3.78. The Bertz CT molecular complexity index is 373. The van der Waals surface area contributed by atoms with Crippen LogP contribution in [0.1, 0.15) is 66.4 Å². The second kappa shape index (κ2) is 7.26. The minimum absolute atomic E-state index is 0.168. The lowest BCUT2D eigenvalue weighted by atomic mass is 9.74. The summed E-state index contributed by atoms with van der Waals surface area (Å²) in [5, 5.41) is 3.78. The van der Waals surface area contributed by atoms with Gasteiger partial charge in [-0.3, -0.25) is 0 Å². The van der Waals surface area contributed by atoms with E-state index in [0.717, 1.165) is 6.54 Å². The van der Waals surface area contributed by atoms with E-state index >= 15 is 0 Å². The first-order chi connectivity index (χ1) is 9.27. The third-order valence-corrected chi connectivity index (χ3v) is 4.21. The van der Waals surface area contributed by atoms with Crippen LogP contribution < -0.4 is 5.32 Å². The molecule has 1 unspecified atom stereocenters. The summed E-state index contributed by atoms with van der Waals surface area (Å²) in [6.45, 7) is 15.1. The highest BCUT2D eigenvalue weighted by molar-refractivity contribution is 5.25. The zero-order chi connectivity index (χ0) is 15.2. The second-order valence-corrected chi connectivity index (χ2v) is 7.69. The van der Waals surface area contributed by atoms with Crippen molar-refractivity contribution in [2.45, 2.75) is 72.3 Å². The van der Waals surface area contributed by atoms with Gasteiger partial charge in [0.15, 0.2) is 0 Å². The molecular formula is C19H33N. The lowest BCUT2D eigenvalue weighted by Gasteiger charge is -2.37. The minimum atomic E-state index is 0.168. The van der Waals surface area contributed by atoms with Crippen LogP contribution in [0, 0.1) is 5.41 Å². The molecule has 1 aromatic carbocycles. The molecule has 0 saturated carbocycles. The molecule has 0 radical (unpaired) electrons. The lowest BCUT2D eigenvalue weighted by Crippen LogP contribution is -2.45. The summed E-state index contributed by atoms with van der Waals surface area (Å²) in [4.78, 5) is 0. The van der Waals surface area contributed by atoms with Crippen molar-refractivity contribution in [2.75, 3.05) is 6.54 Å². The summed E-state index contributed by atoms with van der Waals surface area (Å²) in [7, 11) is 0. The summed E-state index contributed by atoms with van der Waals surface area (Å²) < 4.78 is 0. The highest BCUT2D eigenvalue weighted by atomic mass is 14.9. The number of hydrogen-bond acceptors (Lipinski definition) is 1. The average molecular weight is 275 g/mol. The summed E-state index contributed by atoms with van der Waals surface area (Å²) in [6, 6.07) is 11.5. The van der Waals surface area contributed by atoms with Gasteiger partial charge in [-0.25, -0.2) is 0 Å². The van der Waals surface area contributed by atoms with E-state index in [2.05, 4.69) is 77.2 Å². The van der Waals surface area contributed by atoms with E-state index in [9.17, 15) is 0 Å². The normalized spacial score (nSPS) is 14.3. The highest BCUT2D eigenvalue weighted by Crippen LogP contribution is 2.32. The van der Waals surface area contributed by atoms with Crippen molar-refractivity contribution < 1.29 is 0 Å². The molecule has 0 aliphatic rings. The Morgan fingerprint density at radius 2 is 1.60 bits per heavy atom. The molecule has 1 aromatic rings. The Morgan fingerprint density at radius 1 is 1.00 bits per heavy atom. The topological polar surface area (TPSA) is 12.0 Å². The fourth-order valence-electron chi connectivity index (χ4n) is 2.68. The summed E-state index contributed by atoms with van der Waals surface area (Å²) in [5.41, 5.74) is 2.00. The Morgan fingerprint density at radius 3 is 2.10 bits per heavy atom. The quantitative estimate of drug-likeness (QED) is 0.725. The zero-order valence-corrected chi connectivity index (χ0v) is 14.3. The van der Waals surface area contributed by atoms with Crippen LogP contribution in [0.3, 0.4) is 0 Å². The lowest BCUT2D eigenvalue weighted by molar-refractivity contribution is 0.268. The van der Waals surface area contributed by atoms with Crippen LogP contribution in [-0.2, 0) is 5.41 Å². The summed E-state index contributed by atoms with van der Waals surface area (Å²) in [6.07, 6.45) is 3.67. The van der Waals surface area contributed by atoms with Gasteiger partial charge in [-0.2, -0.15) is 0 Å². The van der Waals surface area contributed by atoms with Gasteiger partial charge in [0.1, 0.15) is 0 Å². The van der Waals surface area contributed by atoms with Gasteiger partial charge in [0.25, 0.3) is 0 Å².